The summed E-state index contributed by atoms with van der Waals surface area (Å²) in [5.41, 5.74) is 0. The summed E-state index contributed by atoms with van der Waals surface area (Å²) >= 11 is 0. The van der Waals surface area contributed by atoms with E-state index in [1.54, 1.807) is 0 Å². The minimum atomic E-state index is -2.83. The first kappa shape index (κ1) is 22.1. The number of hydrogen-bond acceptors (Lipinski definition) is 5. The fourth-order valence-electron chi connectivity index (χ4n) is 2.92. The molecule has 0 saturated carbocycles. The molecule has 0 bridgehead atoms. The van der Waals surface area contributed by atoms with Gasteiger partial charge in [-0.2, -0.15) is 0 Å². The first-order valence-electron chi connectivity index (χ1n) is 9.81. The van der Waals surface area contributed by atoms with Gasteiger partial charge in [-0.05, 0) is 33.1 Å². The van der Waals surface area contributed by atoms with Gasteiger partial charge in [-0.25, -0.2) is 0 Å². The second-order valence-electron chi connectivity index (χ2n) is 6.31. The molecule has 0 radical (unpaired) electrons. The maximum absolute atomic E-state index is 12.3. The Morgan fingerprint density at radius 1 is 0.917 bits per heavy atom. The second-order valence-corrected chi connectivity index (χ2v) is 8.50. The van der Waals surface area contributed by atoms with Crippen LogP contribution in [0.2, 0.25) is 0 Å². The third-order valence-electron chi connectivity index (χ3n) is 4.17. The minimum absolute atomic E-state index is 0.0642. The number of unbranched alkanes of at least 4 members (excludes halogenated alkanes) is 7. The van der Waals surface area contributed by atoms with Crippen molar-refractivity contribution >= 4 is 7.60 Å². The van der Waals surface area contributed by atoms with Gasteiger partial charge in [-0.3, -0.25) is 4.57 Å². The SMILES string of the molecule is CCOP(=O)(CCCCCCCCCCOC1CCCO1)OCC. The molecule has 1 rings (SSSR count). The molecule has 5 nitrogen and oxygen atoms in total. The summed E-state index contributed by atoms with van der Waals surface area (Å²) in [5.74, 6) is 0. The van der Waals surface area contributed by atoms with E-state index in [9.17, 15) is 4.57 Å². The molecule has 1 heterocycles. The van der Waals surface area contributed by atoms with Gasteiger partial charge in [0.1, 0.15) is 0 Å². The Bertz CT molecular complexity index is 321. The average Bonchev–Trinajstić information content (AvgIpc) is 3.06. The van der Waals surface area contributed by atoms with Crippen LogP contribution in [0.5, 0.6) is 0 Å². The normalized spacial score (nSPS) is 18.3. The summed E-state index contributed by atoms with van der Waals surface area (Å²) in [6, 6.07) is 0. The van der Waals surface area contributed by atoms with E-state index >= 15 is 0 Å². The zero-order valence-electron chi connectivity index (χ0n) is 15.7. The highest BCUT2D eigenvalue weighted by Crippen LogP contribution is 2.48. The molecule has 1 atom stereocenters. The molecule has 1 unspecified atom stereocenters. The first-order valence-corrected chi connectivity index (χ1v) is 11.5. The number of ether oxygens (including phenoxy) is 2. The highest BCUT2D eigenvalue weighted by molar-refractivity contribution is 7.53. The largest absolute Gasteiger partial charge is 0.353 e. The number of hydrogen-bond donors (Lipinski definition) is 0. The van der Waals surface area contributed by atoms with E-state index in [4.69, 9.17) is 18.5 Å². The summed E-state index contributed by atoms with van der Waals surface area (Å²) in [6.07, 6.45) is 12.2. The summed E-state index contributed by atoms with van der Waals surface area (Å²) in [4.78, 5) is 0. The Balaban J connectivity index is 1.85. The van der Waals surface area contributed by atoms with Crippen molar-refractivity contribution in [2.45, 2.75) is 84.3 Å². The van der Waals surface area contributed by atoms with E-state index in [0.29, 0.717) is 19.4 Å². The Morgan fingerprint density at radius 2 is 1.50 bits per heavy atom. The van der Waals surface area contributed by atoms with Crippen LogP contribution in [0.25, 0.3) is 0 Å². The highest BCUT2D eigenvalue weighted by atomic mass is 31.2. The van der Waals surface area contributed by atoms with Crippen LogP contribution in [0.15, 0.2) is 0 Å². The van der Waals surface area contributed by atoms with Crippen LogP contribution < -0.4 is 0 Å². The molecule has 144 valence electrons. The molecular weight excluding hydrogens is 327 g/mol. The Labute approximate surface area is 148 Å². The van der Waals surface area contributed by atoms with Gasteiger partial charge in [0.05, 0.1) is 19.4 Å². The molecule has 6 heteroatoms. The Morgan fingerprint density at radius 3 is 2.04 bits per heavy atom. The van der Waals surface area contributed by atoms with E-state index in [0.717, 1.165) is 45.3 Å². The standard InChI is InChI=1S/C18H37O5P/c1-3-22-24(19,23-4-2)17-12-10-8-6-5-7-9-11-15-20-18-14-13-16-21-18/h18H,3-17H2,1-2H3. The van der Waals surface area contributed by atoms with Crippen molar-refractivity contribution in [3.63, 3.8) is 0 Å². The molecule has 0 aliphatic carbocycles. The quantitative estimate of drug-likeness (QED) is 0.266. The molecule has 1 saturated heterocycles. The van der Waals surface area contributed by atoms with Gasteiger partial charge in [0, 0.05) is 19.6 Å². The number of rotatable bonds is 16. The van der Waals surface area contributed by atoms with Crippen molar-refractivity contribution < 1.29 is 23.1 Å². The van der Waals surface area contributed by atoms with E-state index < -0.39 is 7.60 Å². The molecule has 0 N–H and O–H groups in total. The van der Waals surface area contributed by atoms with Crippen molar-refractivity contribution in [3.8, 4) is 0 Å². The van der Waals surface area contributed by atoms with E-state index in [1.807, 2.05) is 13.8 Å². The van der Waals surface area contributed by atoms with Crippen LogP contribution >= 0.6 is 7.60 Å². The molecule has 1 aliphatic rings. The van der Waals surface area contributed by atoms with E-state index in [-0.39, 0.29) is 6.29 Å². The molecular formula is C18H37O5P. The summed E-state index contributed by atoms with van der Waals surface area (Å²) in [6.45, 7) is 6.31. The molecule has 0 aromatic heterocycles. The van der Waals surface area contributed by atoms with E-state index in [1.165, 1.54) is 32.1 Å². The van der Waals surface area contributed by atoms with Crippen molar-refractivity contribution in [1.29, 1.82) is 0 Å². The lowest BCUT2D eigenvalue weighted by molar-refractivity contribution is -0.111. The van der Waals surface area contributed by atoms with Crippen LogP contribution in [0.3, 0.4) is 0 Å². The van der Waals surface area contributed by atoms with Gasteiger partial charge in [-0.15, -0.1) is 0 Å². The third kappa shape index (κ3) is 10.8. The van der Waals surface area contributed by atoms with Gasteiger partial charge in [-0.1, -0.05) is 38.5 Å². The Hall–Kier alpha value is 0.0700. The van der Waals surface area contributed by atoms with Crippen molar-refractivity contribution in [1.82, 2.24) is 0 Å². The lowest BCUT2D eigenvalue weighted by atomic mass is 10.1. The zero-order chi connectivity index (χ0) is 17.5. The molecule has 0 aromatic carbocycles. The maximum Gasteiger partial charge on any atom is 0.330 e. The second kappa shape index (κ2) is 14.3. The molecule has 1 aliphatic heterocycles. The molecule has 0 aromatic rings. The van der Waals surface area contributed by atoms with Gasteiger partial charge in [0.15, 0.2) is 6.29 Å². The minimum Gasteiger partial charge on any atom is -0.353 e. The lowest BCUT2D eigenvalue weighted by Gasteiger charge is -2.16. The van der Waals surface area contributed by atoms with Crippen LogP contribution in [0, 0.1) is 0 Å². The van der Waals surface area contributed by atoms with Crippen LogP contribution in [-0.4, -0.2) is 38.9 Å². The maximum atomic E-state index is 12.3. The predicted molar refractivity (Wildman–Crippen MR) is 97.6 cm³/mol. The van der Waals surface area contributed by atoms with Crippen molar-refractivity contribution in [2.24, 2.45) is 0 Å². The molecule has 0 spiro atoms. The molecule has 24 heavy (non-hydrogen) atoms. The highest BCUT2D eigenvalue weighted by Gasteiger charge is 2.22. The zero-order valence-corrected chi connectivity index (χ0v) is 16.6. The molecule has 1 fully saturated rings. The molecule has 0 amide bonds. The van der Waals surface area contributed by atoms with Crippen LogP contribution in [-0.2, 0) is 23.1 Å². The summed E-state index contributed by atoms with van der Waals surface area (Å²) in [7, 11) is -2.83. The van der Waals surface area contributed by atoms with Crippen LogP contribution in [0.4, 0.5) is 0 Å². The summed E-state index contributed by atoms with van der Waals surface area (Å²) < 4.78 is 34.0. The van der Waals surface area contributed by atoms with Crippen molar-refractivity contribution in [3.05, 3.63) is 0 Å². The fraction of sp³-hybridized carbons (Fsp3) is 1.00. The predicted octanol–water partition coefficient (Wildman–Crippen LogP) is 5.53. The van der Waals surface area contributed by atoms with E-state index in [2.05, 4.69) is 0 Å². The smallest absolute Gasteiger partial charge is 0.330 e. The first-order chi connectivity index (χ1) is 11.7. The fourth-order valence-corrected chi connectivity index (χ4v) is 4.65. The summed E-state index contributed by atoms with van der Waals surface area (Å²) in [5, 5.41) is 0. The Kier molecular flexibility index (Phi) is 13.1. The monoisotopic (exact) mass is 364 g/mol. The topological polar surface area (TPSA) is 54.0 Å². The van der Waals surface area contributed by atoms with Gasteiger partial charge < -0.3 is 18.5 Å². The van der Waals surface area contributed by atoms with Gasteiger partial charge in [0.25, 0.3) is 0 Å². The average molecular weight is 364 g/mol. The van der Waals surface area contributed by atoms with Crippen molar-refractivity contribution in [2.75, 3.05) is 32.6 Å². The van der Waals surface area contributed by atoms with Gasteiger partial charge >= 0.3 is 7.60 Å². The lowest BCUT2D eigenvalue weighted by Crippen LogP contribution is -2.11. The van der Waals surface area contributed by atoms with Crippen LogP contribution in [0.1, 0.15) is 78.1 Å². The van der Waals surface area contributed by atoms with Gasteiger partial charge in [0.2, 0.25) is 0 Å². The third-order valence-corrected chi connectivity index (χ3v) is 6.34.